The fourth-order valence-corrected chi connectivity index (χ4v) is 3.43. The van der Waals surface area contributed by atoms with E-state index in [-0.39, 0.29) is 5.91 Å². The molecule has 1 saturated heterocycles. The molecule has 27 heavy (non-hydrogen) atoms. The Kier molecular flexibility index (Phi) is 7.05. The van der Waals surface area contributed by atoms with Crippen LogP contribution in [-0.4, -0.2) is 25.6 Å². The van der Waals surface area contributed by atoms with E-state index >= 15 is 0 Å². The maximum absolute atomic E-state index is 12.1. The lowest BCUT2D eigenvalue weighted by Gasteiger charge is -2.12. The van der Waals surface area contributed by atoms with Crippen molar-refractivity contribution >= 4 is 12.0 Å². The average molecular weight is 365 g/mol. The molecular formula is C23H29N2O2+. The lowest BCUT2D eigenvalue weighted by atomic mass is 10.1. The maximum atomic E-state index is 12.1. The number of hydrogen-bond acceptors (Lipinski definition) is 2. The molecule has 1 fully saturated rings. The van der Waals surface area contributed by atoms with E-state index in [0.717, 1.165) is 23.4 Å². The quantitative estimate of drug-likeness (QED) is 0.706. The number of amides is 1. The molecule has 0 bridgehead atoms. The van der Waals surface area contributed by atoms with Crippen LogP contribution in [0.1, 0.15) is 36.5 Å². The molecule has 1 aliphatic heterocycles. The number of carbonyl (C=O) groups excluding carboxylic acids is 1. The van der Waals surface area contributed by atoms with Gasteiger partial charge in [-0.25, -0.2) is 0 Å². The van der Waals surface area contributed by atoms with Gasteiger partial charge in [0.05, 0.1) is 19.7 Å². The second-order valence-corrected chi connectivity index (χ2v) is 6.97. The first-order chi connectivity index (χ1) is 13.2. The molecular weight excluding hydrogens is 336 g/mol. The van der Waals surface area contributed by atoms with Gasteiger partial charge in [-0.05, 0) is 24.6 Å². The second-order valence-electron chi connectivity index (χ2n) is 6.97. The maximum Gasteiger partial charge on any atom is 0.244 e. The van der Waals surface area contributed by atoms with Gasteiger partial charge in [-0.2, -0.15) is 0 Å². The first-order valence-electron chi connectivity index (χ1n) is 9.83. The number of benzene rings is 2. The van der Waals surface area contributed by atoms with Gasteiger partial charge >= 0.3 is 0 Å². The third-order valence-corrected chi connectivity index (χ3v) is 4.89. The Labute approximate surface area is 161 Å². The Morgan fingerprint density at radius 2 is 1.78 bits per heavy atom. The highest BCUT2D eigenvalue weighted by Gasteiger charge is 2.15. The normalized spacial score (nSPS) is 14.6. The van der Waals surface area contributed by atoms with Crippen molar-refractivity contribution in [3.63, 3.8) is 0 Å². The van der Waals surface area contributed by atoms with Crippen LogP contribution in [0.5, 0.6) is 5.75 Å². The smallest absolute Gasteiger partial charge is 0.244 e. The summed E-state index contributed by atoms with van der Waals surface area (Å²) in [6.07, 6.45) is 6.05. The Morgan fingerprint density at radius 3 is 2.52 bits per heavy atom. The Hall–Kier alpha value is -2.59. The summed E-state index contributed by atoms with van der Waals surface area (Å²) >= 11 is 0. The molecule has 1 aliphatic rings. The largest absolute Gasteiger partial charge is 0.493 e. The zero-order valence-corrected chi connectivity index (χ0v) is 16.0. The van der Waals surface area contributed by atoms with Gasteiger partial charge in [-0.3, -0.25) is 4.79 Å². The number of quaternary nitrogens is 1. The molecule has 4 heteroatoms. The molecule has 1 heterocycles. The van der Waals surface area contributed by atoms with Gasteiger partial charge in [0.25, 0.3) is 0 Å². The number of para-hydroxylation sites is 1. The van der Waals surface area contributed by atoms with Gasteiger partial charge in [-0.15, -0.1) is 0 Å². The molecule has 0 saturated carbocycles. The standard InChI is InChI=1S/C23H28N2O2/c1-2-27-22-8-4-3-7-21(22)13-14-23(26)24-17-19-9-11-20(12-10-19)18-25-15-5-6-16-25/h3-4,7-14H,2,5-6,15-18H2,1H3,(H,24,26)/p+1/b14-13+. The SMILES string of the molecule is CCOc1ccccc1/C=C/C(=O)NCc1ccc(C[NH+]2CCCC2)cc1. The molecule has 4 nitrogen and oxygen atoms in total. The van der Waals surface area contributed by atoms with E-state index in [0.29, 0.717) is 13.2 Å². The minimum absolute atomic E-state index is 0.105. The first-order valence-corrected chi connectivity index (χ1v) is 9.83. The highest BCUT2D eigenvalue weighted by Crippen LogP contribution is 2.19. The van der Waals surface area contributed by atoms with Crippen molar-refractivity contribution in [3.05, 3.63) is 71.3 Å². The molecule has 2 N–H and O–H groups in total. The zero-order valence-electron chi connectivity index (χ0n) is 16.0. The van der Waals surface area contributed by atoms with Gasteiger partial charge in [0.15, 0.2) is 0 Å². The fraction of sp³-hybridized carbons (Fsp3) is 0.348. The van der Waals surface area contributed by atoms with Crippen LogP contribution in [0.3, 0.4) is 0 Å². The summed E-state index contributed by atoms with van der Waals surface area (Å²) in [5, 5.41) is 2.94. The lowest BCUT2D eigenvalue weighted by Crippen LogP contribution is -3.08. The predicted octanol–water partition coefficient (Wildman–Crippen LogP) is 2.59. The Morgan fingerprint density at radius 1 is 1.07 bits per heavy atom. The van der Waals surface area contributed by atoms with Gasteiger partial charge < -0.3 is 15.0 Å². The van der Waals surface area contributed by atoms with Crippen molar-refractivity contribution in [1.82, 2.24) is 5.32 Å². The molecule has 1 amide bonds. The average Bonchev–Trinajstić information content (AvgIpc) is 3.20. The van der Waals surface area contributed by atoms with Gasteiger partial charge in [0.1, 0.15) is 12.3 Å². The zero-order chi connectivity index (χ0) is 18.9. The topological polar surface area (TPSA) is 42.8 Å². The van der Waals surface area contributed by atoms with E-state index in [1.807, 2.05) is 31.2 Å². The number of nitrogens with one attached hydrogen (secondary N) is 2. The molecule has 2 aromatic rings. The number of rotatable bonds is 8. The molecule has 0 aliphatic carbocycles. The summed E-state index contributed by atoms with van der Waals surface area (Å²) in [6, 6.07) is 16.3. The van der Waals surface area contributed by atoms with Crippen molar-refractivity contribution < 1.29 is 14.4 Å². The molecule has 142 valence electrons. The van der Waals surface area contributed by atoms with E-state index in [1.165, 1.54) is 31.5 Å². The predicted molar refractivity (Wildman–Crippen MR) is 109 cm³/mol. The lowest BCUT2D eigenvalue weighted by molar-refractivity contribution is -0.901. The summed E-state index contributed by atoms with van der Waals surface area (Å²) in [7, 11) is 0. The summed E-state index contributed by atoms with van der Waals surface area (Å²) < 4.78 is 5.57. The molecule has 0 radical (unpaired) electrons. The van der Waals surface area contributed by atoms with Crippen molar-refractivity contribution in [2.75, 3.05) is 19.7 Å². The monoisotopic (exact) mass is 365 g/mol. The summed E-state index contributed by atoms with van der Waals surface area (Å²) in [6.45, 7) is 6.77. The van der Waals surface area contributed by atoms with Gasteiger partial charge in [0.2, 0.25) is 5.91 Å². The number of hydrogen-bond donors (Lipinski definition) is 2. The van der Waals surface area contributed by atoms with Crippen molar-refractivity contribution in [1.29, 1.82) is 0 Å². The van der Waals surface area contributed by atoms with Crippen LogP contribution in [-0.2, 0) is 17.9 Å². The minimum Gasteiger partial charge on any atom is -0.493 e. The molecule has 0 atom stereocenters. The highest BCUT2D eigenvalue weighted by molar-refractivity contribution is 5.92. The van der Waals surface area contributed by atoms with Crippen molar-refractivity contribution in [2.45, 2.75) is 32.9 Å². The molecule has 2 aromatic carbocycles. The van der Waals surface area contributed by atoms with E-state index in [1.54, 1.807) is 17.1 Å². The minimum atomic E-state index is -0.105. The number of likely N-dealkylation sites (tertiary alicyclic amines) is 1. The second kappa shape index (κ2) is 9.93. The fourth-order valence-electron chi connectivity index (χ4n) is 3.43. The van der Waals surface area contributed by atoms with Crippen LogP contribution in [0.25, 0.3) is 6.08 Å². The highest BCUT2D eigenvalue weighted by atomic mass is 16.5. The van der Waals surface area contributed by atoms with Gasteiger partial charge in [0, 0.05) is 36.6 Å². The molecule has 0 unspecified atom stereocenters. The molecule has 3 rings (SSSR count). The van der Waals surface area contributed by atoms with E-state index in [2.05, 4.69) is 29.6 Å². The van der Waals surface area contributed by atoms with Crippen LogP contribution in [0.4, 0.5) is 0 Å². The molecule has 0 spiro atoms. The van der Waals surface area contributed by atoms with Crippen LogP contribution >= 0.6 is 0 Å². The van der Waals surface area contributed by atoms with E-state index in [4.69, 9.17) is 4.74 Å². The third-order valence-electron chi connectivity index (χ3n) is 4.89. The Balaban J connectivity index is 1.48. The van der Waals surface area contributed by atoms with Crippen molar-refractivity contribution in [2.24, 2.45) is 0 Å². The number of carbonyl (C=O) groups is 1. The summed E-state index contributed by atoms with van der Waals surface area (Å²) in [4.78, 5) is 13.8. The van der Waals surface area contributed by atoms with Gasteiger partial charge in [-0.1, -0.05) is 42.5 Å². The molecule has 0 aromatic heterocycles. The van der Waals surface area contributed by atoms with E-state index in [9.17, 15) is 4.79 Å². The summed E-state index contributed by atoms with van der Waals surface area (Å²) in [5.41, 5.74) is 3.39. The Bertz CT molecular complexity index is 762. The van der Waals surface area contributed by atoms with Crippen molar-refractivity contribution in [3.8, 4) is 5.75 Å². The first kappa shape index (κ1) is 19.2. The number of ether oxygens (including phenoxy) is 1. The van der Waals surface area contributed by atoms with Crippen LogP contribution in [0, 0.1) is 0 Å². The summed E-state index contributed by atoms with van der Waals surface area (Å²) in [5.74, 6) is 0.687. The van der Waals surface area contributed by atoms with Crippen LogP contribution in [0.15, 0.2) is 54.6 Å². The van der Waals surface area contributed by atoms with Crippen LogP contribution in [0.2, 0.25) is 0 Å². The van der Waals surface area contributed by atoms with E-state index < -0.39 is 0 Å². The third kappa shape index (κ3) is 5.97. The van der Waals surface area contributed by atoms with Crippen LogP contribution < -0.4 is 15.0 Å².